The third-order valence-corrected chi connectivity index (χ3v) is 6.66. The van der Waals surface area contributed by atoms with E-state index in [1.807, 2.05) is 12.1 Å². The second-order valence-electron chi connectivity index (χ2n) is 8.45. The molecule has 0 bridgehead atoms. The van der Waals surface area contributed by atoms with Gasteiger partial charge in [-0.15, -0.1) is 0 Å². The molecule has 0 aromatic heterocycles. The fraction of sp³-hybridized carbons (Fsp3) is 0.609. The van der Waals surface area contributed by atoms with Crippen molar-refractivity contribution in [2.24, 2.45) is 11.8 Å². The van der Waals surface area contributed by atoms with Gasteiger partial charge in [0, 0.05) is 6.54 Å². The van der Waals surface area contributed by atoms with Gasteiger partial charge in [-0.2, -0.15) is 0 Å². The van der Waals surface area contributed by atoms with Gasteiger partial charge in [-0.25, -0.2) is 0 Å². The van der Waals surface area contributed by atoms with Gasteiger partial charge < -0.3 is 4.74 Å². The number of imide groups is 1. The summed E-state index contributed by atoms with van der Waals surface area (Å²) in [6.07, 6.45) is 10.0. The first-order valence-corrected chi connectivity index (χ1v) is 10.8. The molecule has 28 heavy (non-hydrogen) atoms. The number of carbonyl (C=O) groups is 3. The average Bonchev–Trinajstić information content (AvgIpc) is 2.98. The number of rotatable bonds is 5. The number of fused-ring (bicyclic) bond motifs is 1. The molecule has 2 amide bonds. The Hall–Kier alpha value is -2.17. The lowest BCUT2D eigenvalue weighted by molar-refractivity contribution is -0.141. The van der Waals surface area contributed by atoms with E-state index in [0.717, 1.165) is 25.7 Å². The minimum Gasteiger partial charge on any atom is -0.426 e. The van der Waals surface area contributed by atoms with Crippen LogP contribution in [0.5, 0.6) is 5.75 Å². The standard InChI is InChI=1S/C23H29NO4/c25-21(14-15-24-22(26)19-8-4-5-9-20(19)23(24)27)28-18-12-10-17(11-13-18)16-6-2-1-3-7-16/h10-13,16,19-20H,1-9,14-15H2/t19-,20+. The van der Waals surface area contributed by atoms with Crippen molar-refractivity contribution in [2.75, 3.05) is 6.54 Å². The van der Waals surface area contributed by atoms with E-state index in [2.05, 4.69) is 12.1 Å². The Labute approximate surface area is 166 Å². The summed E-state index contributed by atoms with van der Waals surface area (Å²) in [4.78, 5) is 38.4. The van der Waals surface area contributed by atoms with Gasteiger partial charge in [-0.05, 0) is 49.3 Å². The molecule has 0 N–H and O–H groups in total. The summed E-state index contributed by atoms with van der Waals surface area (Å²) in [5.74, 6) is 0.222. The van der Waals surface area contributed by atoms with Gasteiger partial charge in [-0.3, -0.25) is 19.3 Å². The van der Waals surface area contributed by atoms with Crippen LogP contribution in [0.2, 0.25) is 0 Å². The first-order valence-electron chi connectivity index (χ1n) is 10.8. The van der Waals surface area contributed by atoms with E-state index >= 15 is 0 Å². The number of hydrogen-bond acceptors (Lipinski definition) is 4. The van der Waals surface area contributed by atoms with Gasteiger partial charge in [0.25, 0.3) is 0 Å². The van der Waals surface area contributed by atoms with Crippen LogP contribution in [0.15, 0.2) is 24.3 Å². The highest BCUT2D eigenvalue weighted by Crippen LogP contribution is 2.38. The van der Waals surface area contributed by atoms with Gasteiger partial charge in [0.05, 0.1) is 18.3 Å². The monoisotopic (exact) mass is 383 g/mol. The van der Waals surface area contributed by atoms with Gasteiger partial charge in [0.2, 0.25) is 11.8 Å². The topological polar surface area (TPSA) is 63.7 Å². The van der Waals surface area contributed by atoms with Crippen molar-refractivity contribution in [3.8, 4) is 5.75 Å². The highest BCUT2D eigenvalue weighted by molar-refractivity contribution is 6.05. The van der Waals surface area contributed by atoms with Gasteiger partial charge in [-0.1, -0.05) is 44.2 Å². The van der Waals surface area contributed by atoms with Crippen molar-refractivity contribution in [3.63, 3.8) is 0 Å². The zero-order valence-corrected chi connectivity index (χ0v) is 16.4. The molecule has 1 aromatic carbocycles. The van der Waals surface area contributed by atoms with E-state index < -0.39 is 5.97 Å². The first-order chi connectivity index (χ1) is 13.6. The van der Waals surface area contributed by atoms with Crippen molar-refractivity contribution < 1.29 is 19.1 Å². The Morgan fingerprint density at radius 1 is 0.857 bits per heavy atom. The zero-order valence-electron chi connectivity index (χ0n) is 16.4. The largest absolute Gasteiger partial charge is 0.426 e. The first kappa shape index (κ1) is 19.2. The Kier molecular flexibility index (Phi) is 5.79. The normalized spacial score (nSPS) is 25.6. The second kappa shape index (κ2) is 8.46. The fourth-order valence-electron chi connectivity index (χ4n) is 5.08. The predicted molar refractivity (Wildman–Crippen MR) is 105 cm³/mol. The van der Waals surface area contributed by atoms with Crippen LogP contribution in [0, 0.1) is 11.8 Å². The summed E-state index contributed by atoms with van der Waals surface area (Å²) in [5, 5.41) is 0. The lowest BCUT2D eigenvalue weighted by Gasteiger charge is -2.22. The summed E-state index contributed by atoms with van der Waals surface area (Å²) in [6, 6.07) is 7.80. The summed E-state index contributed by atoms with van der Waals surface area (Å²) < 4.78 is 5.42. The molecule has 1 saturated heterocycles. The molecule has 2 aliphatic carbocycles. The number of likely N-dealkylation sites (tertiary alicyclic amines) is 1. The molecule has 0 radical (unpaired) electrons. The van der Waals surface area contributed by atoms with Crippen LogP contribution in [0.4, 0.5) is 0 Å². The molecule has 1 aliphatic heterocycles. The Balaban J connectivity index is 1.28. The zero-order chi connectivity index (χ0) is 19.5. The van der Waals surface area contributed by atoms with E-state index in [4.69, 9.17) is 4.74 Å². The van der Waals surface area contributed by atoms with Crippen LogP contribution in [0.3, 0.4) is 0 Å². The molecule has 5 heteroatoms. The second-order valence-corrected chi connectivity index (χ2v) is 8.45. The summed E-state index contributed by atoms with van der Waals surface area (Å²) in [5.41, 5.74) is 1.32. The predicted octanol–water partition coefficient (Wildman–Crippen LogP) is 4.21. The fourth-order valence-corrected chi connectivity index (χ4v) is 5.08. The number of benzene rings is 1. The van der Waals surface area contributed by atoms with Gasteiger partial charge >= 0.3 is 5.97 Å². The van der Waals surface area contributed by atoms with Crippen molar-refractivity contribution in [1.82, 2.24) is 4.90 Å². The number of amides is 2. The molecule has 2 atom stereocenters. The Morgan fingerprint density at radius 3 is 2.04 bits per heavy atom. The van der Waals surface area contributed by atoms with Crippen LogP contribution < -0.4 is 4.74 Å². The third-order valence-electron chi connectivity index (χ3n) is 6.66. The molecule has 2 saturated carbocycles. The van der Waals surface area contributed by atoms with Crippen LogP contribution in [0.1, 0.15) is 75.7 Å². The van der Waals surface area contributed by atoms with Gasteiger partial charge in [0.1, 0.15) is 5.75 Å². The maximum absolute atomic E-state index is 12.5. The van der Waals surface area contributed by atoms with Crippen LogP contribution >= 0.6 is 0 Å². The molecular formula is C23H29NO4. The molecular weight excluding hydrogens is 354 g/mol. The lowest BCUT2D eigenvalue weighted by atomic mass is 9.81. The van der Waals surface area contributed by atoms with Crippen molar-refractivity contribution in [2.45, 2.75) is 70.1 Å². The maximum atomic E-state index is 12.5. The average molecular weight is 383 g/mol. The Morgan fingerprint density at radius 2 is 1.43 bits per heavy atom. The van der Waals surface area contributed by atoms with Gasteiger partial charge in [0.15, 0.2) is 0 Å². The number of ether oxygens (including phenoxy) is 1. The minimum absolute atomic E-state index is 0.0430. The van der Waals surface area contributed by atoms with E-state index in [-0.39, 0.29) is 36.6 Å². The molecule has 0 spiro atoms. The number of nitrogens with zero attached hydrogens (tertiary/aromatic N) is 1. The molecule has 5 nitrogen and oxygen atoms in total. The maximum Gasteiger partial charge on any atom is 0.312 e. The molecule has 1 aromatic rings. The quantitative estimate of drug-likeness (QED) is 0.434. The SMILES string of the molecule is O=C(CCN1C(=O)[C@H]2CCCC[C@H]2C1=O)Oc1ccc(C2CCCCC2)cc1. The van der Waals surface area contributed by atoms with Crippen molar-refractivity contribution in [3.05, 3.63) is 29.8 Å². The van der Waals surface area contributed by atoms with E-state index in [1.165, 1.54) is 42.6 Å². The highest BCUT2D eigenvalue weighted by atomic mass is 16.5. The molecule has 0 unspecified atom stereocenters. The number of esters is 1. The van der Waals surface area contributed by atoms with Crippen LogP contribution in [-0.2, 0) is 14.4 Å². The van der Waals surface area contributed by atoms with Crippen molar-refractivity contribution in [1.29, 1.82) is 0 Å². The number of carbonyl (C=O) groups excluding carboxylic acids is 3. The molecule has 3 aliphatic rings. The van der Waals surface area contributed by atoms with Crippen LogP contribution in [-0.4, -0.2) is 29.2 Å². The van der Waals surface area contributed by atoms with E-state index in [9.17, 15) is 14.4 Å². The third kappa shape index (κ3) is 3.98. The summed E-state index contributed by atoms with van der Waals surface area (Å²) in [6.45, 7) is 0.129. The smallest absolute Gasteiger partial charge is 0.312 e. The van der Waals surface area contributed by atoms with Crippen LogP contribution in [0.25, 0.3) is 0 Å². The minimum atomic E-state index is -0.402. The Bertz CT molecular complexity index is 711. The molecule has 1 heterocycles. The van der Waals surface area contributed by atoms with E-state index in [0.29, 0.717) is 11.7 Å². The molecule has 150 valence electrons. The molecule has 3 fully saturated rings. The van der Waals surface area contributed by atoms with Crippen molar-refractivity contribution >= 4 is 17.8 Å². The summed E-state index contributed by atoms with van der Waals surface area (Å²) >= 11 is 0. The highest BCUT2D eigenvalue weighted by Gasteiger charge is 2.47. The summed E-state index contributed by atoms with van der Waals surface area (Å²) in [7, 11) is 0. The lowest BCUT2D eigenvalue weighted by Crippen LogP contribution is -2.33. The number of hydrogen-bond donors (Lipinski definition) is 0. The van der Waals surface area contributed by atoms with E-state index in [1.54, 1.807) is 0 Å². The molecule has 4 rings (SSSR count).